The molecule has 2 nitrogen and oxygen atoms in total. The van der Waals surface area contributed by atoms with Crippen molar-refractivity contribution in [2.45, 2.75) is 0 Å². The number of hydrogen-bond donors (Lipinski definition) is 1. The highest BCUT2D eigenvalue weighted by molar-refractivity contribution is 6.50. The van der Waals surface area contributed by atoms with Crippen molar-refractivity contribution in [1.29, 1.82) is 0 Å². The van der Waals surface area contributed by atoms with Crippen molar-refractivity contribution in [2.24, 2.45) is 0 Å². The summed E-state index contributed by atoms with van der Waals surface area (Å²) in [6.07, 6.45) is 0. The molecule has 0 aliphatic carbocycles. The molecule has 0 radical (unpaired) electrons. The molecule has 1 rings (SSSR count). The van der Waals surface area contributed by atoms with E-state index in [-0.39, 0.29) is 0 Å². The monoisotopic (exact) mass is 175 g/mol. The molecule has 1 aliphatic heterocycles. The summed E-state index contributed by atoms with van der Waals surface area (Å²) in [6, 6.07) is 0. The summed E-state index contributed by atoms with van der Waals surface area (Å²) in [5, 5.41) is 2.27. The van der Waals surface area contributed by atoms with Gasteiger partial charge in [-0.1, -0.05) is 0 Å². The predicted octanol–water partition coefficient (Wildman–Crippen LogP) is -0.120. The molecule has 2 N–H and O–H groups in total. The lowest BCUT2D eigenvalue weighted by Gasteiger charge is -2.07. The second-order valence-electron chi connectivity index (χ2n) is 1.97. The number of hydrogen-bond acceptors (Lipinski definition) is 1. The van der Waals surface area contributed by atoms with Crippen LogP contribution in [-0.2, 0) is 4.74 Å². The van der Waals surface area contributed by atoms with Crippen LogP contribution >= 0.6 is 0 Å². The Morgan fingerprint density at radius 3 is 1.45 bits per heavy atom. The smallest absolute Gasteiger partial charge is 0.418 e. The Morgan fingerprint density at radius 2 is 1.36 bits per heavy atom. The number of morpholine rings is 1. The first kappa shape index (κ1) is 10.7. The SMILES string of the molecule is C1COCC[NH2+]1.F[B-](F)(F)F. The third-order valence-corrected chi connectivity index (χ3v) is 0.933. The van der Waals surface area contributed by atoms with Gasteiger partial charge < -0.3 is 27.3 Å². The van der Waals surface area contributed by atoms with E-state index in [2.05, 4.69) is 5.32 Å². The number of rotatable bonds is 0. The van der Waals surface area contributed by atoms with Gasteiger partial charge in [0.05, 0.1) is 26.3 Å². The fourth-order valence-electron chi connectivity index (χ4n) is 0.580. The van der Waals surface area contributed by atoms with Crippen LogP contribution < -0.4 is 5.32 Å². The molecular formula is C4H10BF4NO. The topological polar surface area (TPSA) is 25.8 Å². The molecule has 0 saturated carbocycles. The van der Waals surface area contributed by atoms with E-state index < -0.39 is 7.25 Å². The second-order valence-corrected chi connectivity index (χ2v) is 1.97. The van der Waals surface area contributed by atoms with Crippen LogP contribution in [0.1, 0.15) is 0 Å². The molecule has 0 spiro atoms. The molecule has 0 amide bonds. The van der Waals surface area contributed by atoms with Crippen LogP contribution in [0.2, 0.25) is 0 Å². The van der Waals surface area contributed by atoms with E-state index in [1.165, 1.54) is 0 Å². The molecular weight excluding hydrogens is 165 g/mol. The molecule has 1 fully saturated rings. The van der Waals surface area contributed by atoms with Crippen LogP contribution in [0.5, 0.6) is 0 Å². The summed E-state index contributed by atoms with van der Waals surface area (Å²) in [6.45, 7) is 4.19. The van der Waals surface area contributed by atoms with Gasteiger partial charge in [-0.25, -0.2) is 0 Å². The standard InChI is InChI=1S/C4H9NO.BF4/c1-3-6-4-2-5-1;2-1(3,4)5/h5H,1-4H2;/q;-1/p+1. The zero-order valence-corrected chi connectivity index (χ0v) is 5.90. The van der Waals surface area contributed by atoms with Gasteiger partial charge in [-0.15, -0.1) is 0 Å². The third-order valence-electron chi connectivity index (χ3n) is 0.933. The molecule has 68 valence electrons. The Kier molecular flexibility index (Phi) is 5.22. The van der Waals surface area contributed by atoms with Crippen molar-refractivity contribution < 1.29 is 27.3 Å². The molecule has 11 heavy (non-hydrogen) atoms. The van der Waals surface area contributed by atoms with E-state index in [9.17, 15) is 17.3 Å². The van der Waals surface area contributed by atoms with Gasteiger partial charge in [-0.3, -0.25) is 0 Å². The maximum absolute atomic E-state index is 9.75. The Balaban J connectivity index is 0.000000187. The Bertz CT molecular complexity index is 77.1. The van der Waals surface area contributed by atoms with E-state index in [0.717, 1.165) is 26.3 Å². The number of ether oxygens (including phenoxy) is 1. The highest BCUT2D eigenvalue weighted by atomic mass is 19.5. The summed E-state index contributed by atoms with van der Waals surface area (Å²) in [5.74, 6) is 0. The average Bonchev–Trinajstić information content (AvgIpc) is 1.88. The number of halogens is 4. The van der Waals surface area contributed by atoms with E-state index in [4.69, 9.17) is 4.74 Å². The van der Waals surface area contributed by atoms with E-state index in [0.29, 0.717) is 0 Å². The van der Waals surface area contributed by atoms with Gasteiger partial charge in [-0.2, -0.15) is 0 Å². The van der Waals surface area contributed by atoms with Gasteiger partial charge in [0, 0.05) is 0 Å². The minimum atomic E-state index is -6.00. The second kappa shape index (κ2) is 5.37. The van der Waals surface area contributed by atoms with Crippen LogP contribution in [0.3, 0.4) is 0 Å². The molecule has 0 aromatic heterocycles. The van der Waals surface area contributed by atoms with E-state index in [1.54, 1.807) is 0 Å². The van der Waals surface area contributed by atoms with E-state index in [1.807, 2.05) is 0 Å². The highest BCUT2D eigenvalue weighted by Gasteiger charge is 2.20. The largest absolute Gasteiger partial charge is 0.673 e. The van der Waals surface area contributed by atoms with Crippen molar-refractivity contribution in [3.05, 3.63) is 0 Å². The maximum atomic E-state index is 9.75. The summed E-state index contributed by atoms with van der Waals surface area (Å²) in [5.41, 5.74) is 0. The lowest BCUT2D eigenvalue weighted by atomic mass is 10.3. The van der Waals surface area contributed by atoms with Crippen molar-refractivity contribution in [3.8, 4) is 0 Å². The van der Waals surface area contributed by atoms with Gasteiger partial charge in [0.25, 0.3) is 0 Å². The summed E-state index contributed by atoms with van der Waals surface area (Å²) in [7, 11) is -6.00. The fraction of sp³-hybridized carbons (Fsp3) is 1.00. The molecule has 0 aromatic rings. The van der Waals surface area contributed by atoms with Gasteiger partial charge in [0.15, 0.2) is 0 Å². The predicted molar refractivity (Wildman–Crippen MR) is 32.7 cm³/mol. The average molecular weight is 175 g/mol. The van der Waals surface area contributed by atoms with Crippen molar-refractivity contribution in [3.63, 3.8) is 0 Å². The van der Waals surface area contributed by atoms with Crippen LogP contribution in [-0.4, -0.2) is 33.6 Å². The van der Waals surface area contributed by atoms with Crippen LogP contribution in [0.25, 0.3) is 0 Å². The minimum Gasteiger partial charge on any atom is -0.418 e. The van der Waals surface area contributed by atoms with Crippen molar-refractivity contribution >= 4 is 7.25 Å². The molecule has 0 bridgehead atoms. The zero-order valence-electron chi connectivity index (χ0n) is 5.90. The first-order chi connectivity index (χ1) is 5.00. The third kappa shape index (κ3) is 17.7. The van der Waals surface area contributed by atoms with Crippen LogP contribution in [0.4, 0.5) is 17.3 Å². The highest BCUT2D eigenvalue weighted by Crippen LogP contribution is 2.06. The van der Waals surface area contributed by atoms with E-state index >= 15 is 0 Å². The molecule has 0 unspecified atom stereocenters. The Morgan fingerprint density at radius 1 is 1.00 bits per heavy atom. The number of quaternary nitrogens is 1. The lowest BCUT2D eigenvalue weighted by molar-refractivity contribution is -0.670. The summed E-state index contributed by atoms with van der Waals surface area (Å²) >= 11 is 0. The molecule has 1 aliphatic rings. The number of nitrogens with two attached hydrogens (primary N) is 1. The molecule has 0 aromatic carbocycles. The first-order valence-corrected chi connectivity index (χ1v) is 3.27. The van der Waals surface area contributed by atoms with Crippen LogP contribution in [0.15, 0.2) is 0 Å². The maximum Gasteiger partial charge on any atom is 0.673 e. The molecule has 1 saturated heterocycles. The fourth-order valence-corrected chi connectivity index (χ4v) is 0.580. The van der Waals surface area contributed by atoms with Crippen LogP contribution in [0, 0.1) is 0 Å². The molecule has 1 heterocycles. The molecule has 0 atom stereocenters. The van der Waals surface area contributed by atoms with Gasteiger partial charge >= 0.3 is 7.25 Å². The lowest BCUT2D eigenvalue weighted by Crippen LogP contribution is -2.87. The normalized spacial score (nSPS) is 18.5. The van der Waals surface area contributed by atoms with Crippen molar-refractivity contribution in [1.82, 2.24) is 0 Å². The summed E-state index contributed by atoms with van der Waals surface area (Å²) in [4.78, 5) is 0. The van der Waals surface area contributed by atoms with Gasteiger partial charge in [0.2, 0.25) is 0 Å². The van der Waals surface area contributed by atoms with Gasteiger partial charge in [-0.05, 0) is 0 Å². The quantitative estimate of drug-likeness (QED) is 0.403. The Hall–Kier alpha value is -0.295. The van der Waals surface area contributed by atoms with Crippen molar-refractivity contribution in [2.75, 3.05) is 26.3 Å². The summed E-state index contributed by atoms with van der Waals surface area (Å²) < 4.78 is 44.0. The zero-order chi connectivity index (χ0) is 8.74. The first-order valence-electron chi connectivity index (χ1n) is 3.27. The molecule has 7 heteroatoms. The van der Waals surface area contributed by atoms with Gasteiger partial charge in [0.1, 0.15) is 0 Å². The Labute approximate surface area is 62.0 Å². The minimum absolute atomic E-state index is 0.944.